The van der Waals surface area contributed by atoms with Gasteiger partial charge in [0.1, 0.15) is 12.3 Å². The first kappa shape index (κ1) is 18.4. The van der Waals surface area contributed by atoms with Gasteiger partial charge in [-0.25, -0.2) is 0 Å². The third kappa shape index (κ3) is 4.77. The molecule has 0 saturated heterocycles. The smallest absolute Gasteiger partial charge is 0.282 e. The average molecular weight is 344 g/mol. The van der Waals surface area contributed by atoms with Crippen molar-refractivity contribution in [3.8, 4) is 5.75 Å². The minimum Gasteiger partial charge on any atom is -0.494 e. The Balaban J connectivity index is 2.06. The molecular formula is C18H22N3O4+. The second kappa shape index (κ2) is 8.25. The molecule has 1 amide bonds. The number of benzene rings is 2. The minimum absolute atomic E-state index is 0.0882. The molecule has 0 spiro atoms. The van der Waals surface area contributed by atoms with Gasteiger partial charge in [0, 0.05) is 11.6 Å². The number of amides is 1. The van der Waals surface area contributed by atoms with Crippen LogP contribution in [0.1, 0.15) is 12.5 Å². The van der Waals surface area contributed by atoms with Crippen molar-refractivity contribution in [2.75, 3.05) is 19.5 Å². The molecule has 0 aliphatic rings. The monoisotopic (exact) mass is 344 g/mol. The van der Waals surface area contributed by atoms with E-state index in [1.54, 1.807) is 0 Å². The van der Waals surface area contributed by atoms with Gasteiger partial charge in [0.2, 0.25) is 0 Å². The summed E-state index contributed by atoms with van der Waals surface area (Å²) in [6.45, 7) is 2.55. The summed E-state index contributed by atoms with van der Waals surface area (Å²) in [5.41, 5.74) is 1.47. The number of nitrogens with zero attached hydrogens (tertiary/aromatic N) is 1. The maximum atomic E-state index is 12.5. The molecule has 2 aromatic carbocycles. The number of nitro groups is 1. The first-order chi connectivity index (χ1) is 11.9. The molecule has 2 aromatic rings. The number of anilines is 1. The number of nitrogens with one attached hydrogen (secondary N) is 2. The molecule has 132 valence electrons. The molecule has 0 radical (unpaired) electrons. The first-order valence-corrected chi connectivity index (χ1v) is 7.92. The Bertz CT molecular complexity index is 749. The van der Waals surface area contributed by atoms with Crippen LogP contribution in [0.25, 0.3) is 0 Å². The molecule has 1 unspecified atom stereocenters. The Labute approximate surface area is 146 Å². The second-order valence-electron chi connectivity index (χ2n) is 5.86. The summed E-state index contributed by atoms with van der Waals surface area (Å²) in [5.74, 6) is 0.0797. The summed E-state index contributed by atoms with van der Waals surface area (Å²) in [5, 5.41) is 13.6. The third-order valence-corrected chi connectivity index (χ3v) is 4.11. The van der Waals surface area contributed by atoms with Gasteiger partial charge in [-0.2, -0.15) is 0 Å². The fourth-order valence-corrected chi connectivity index (χ4v) is 2.43. The zero-order valence-corrected chi connectivity index (χ0v) is 14.5. The van der Waals surface area contributed by atoms with Crippen LogP contribution in [-0.2, 0) is 11.3 Å². The number of likely N-dealkylation sites (N-methyl/N-ethyl adjacent to an activating group) is 1. The van der Waals surface area contributed by atoms with Gasteiger partial charge in [0.25, 0.3) is 11.6 Å². The maximum absolute atomic E-state index is 12.5. The van der Waals surface area contributed by atoms with Gasteiger partial charge in [-0.1, -0.05) is 30.3 Å². The highest BCUT2D eigenvalue weighted by atomic mass is 16.6. The van der Waals surface area contributed by atoms with Crippen LogP contribution >= 0.6 is 0 Å². The number of carbonyl (C=O) groups is 1. The molecule has 0 heterocycles. The molecule has 2 N–H and O–H groups in total. The highest BCUT2D eigenvalue weighted by Crippen LogP contribution is 2.28. The van der Waals surface area contributed by atoms with E-state index in [2.05, 4.69) is 5.32 Å². The van der Waals surface area contributed by atoms with Crippen LogP contribution in [0.5, 0.6) is 5.75 Å². The molecule has 0 bridgehead atoms. The molecule has 0 saturated carbocycles. The highest BCUT2D eigenvalue weighted by Gasteiger charge is 2.23. The number of methoxy groups -OCH3 is 1. The SMILES string of the molecule is COc1cc([N+](=O)[O-])ccc1NC(=O)[C@@H](C)[NH+](C)Cc1ccccc1. The van der Waals surface area contributed by atoms with E-state index >= 15 is 0 Å². The Morgan fingerprint density at radius 3 is 2.56 bits per heavy atom. The number of nitro benzene ring substituents is 1. The maximum Gasteiger partial charge on any atom is 0.282 e. The van der Waals surface area contributed by atoms with E-state index in [1.165, 1.54) is 25.3 Å². The van der Waals surface area contributed by atoms with Gasteiger partial charge in [-0.05, 0) is 13.0 Å². The van der Waals surface area contributed by atoms with Crippen molar-refractivity contribution in [1.29, 1.82) is 0 Å². The zero-order valence-electron chi connectivity index (χ0n) is 14.5. The lowest BCUT2D eigenvalue weighted by molar-refractivity contribution is -0.907. The standard InChI is InChI=1S/C18H21N3O4/c1-13(20(2)12-14-7-5-4-6-8-14)18(22)19-16-10-9-15(21(23)24)11-17(16)25-3/h4-11,13H,12H2,1-3H3,(H,19,22)/p+1/t13-/m1/s1. The lowest BCUT2D eigenvalue weighted by Crippen LogP contribution is -3.12. The number of quaternary nitrogens is 1. The largest absolute Gasteiger partial charge is 0.494 e. The van der Waals surface area contributed by atoms with Crippen LogP contribution in [0.4, 0.5) is 11.4 Å². The molecule has 7 heteroatoms. The average Bonchev–Trinajstić information content (AvgIpc) is 2.61. The summed E-state index contributed by atoms with van der Waals surface area (Å²) in [6, 6.07) is 13.7. The van der Waals surface area contributed by atoms with Crippen LogP contribution < -0.4 is 15.0 Å². The van der Waals surface area contributed by atoms with E-state index < -0.39 is 4.92 Å². The number of hydrogen-bond donors (Lipinski definition) is 2. The lowest BCUT2D eigenvalue weighted by Gasteiger charge is -2.21. The van der Waals surface area contributed by atoms with Crippen LogP contribution in [-0.4, -0.2) is 31.0 Å². The van der Waals surface area contributed by atoms with Crippen LogP contribution in [0.3, 0.4) is 0 Å². The summed E-state index contributed by atoms with van der Waals surface area (Å²) < 4.78 is 5.15. The normalized spacial score (nSPS) is 12.9. The quantitative estimate of drug-likeness (QED) is 0.591. The van der Waals surface area contributed by atoms with E-state index in [0.717, 1.165) is 10.5 Å². The zero-order chi connectivity index (χ0) is 18.4. The van der Waals surface area contributed by atoms with Crippen molar-refractivity contribution in [1.82, 2.24) is 0 Å². The number of carbonyl (C=O) groups excluding carboxylic acids is 1. The summed E-state index contributed by atoms with van der Waals surface area (Å²) in [6.07, 6.45) is 0. The van der Waals surface area contributed by atoms with Gasteiger partial charge in [-0.15, -0.1) is 0 Å². The van der Waals surface area contributed by atoms with Crippen molar-refractivity contribution < 1.29 is 19.4 Å². The molecule has 2 rings (SSSR count). The van der Waals surface area contributed by atoms with Gasteiger partial charge in [-0.3, -0.25) is 14.9 Å². The number of ether oxygens (including phenoxy) is 1. The predicted octanol–water partition coefficient (Wildman–Crippen LogP) is 1.65. The van der Waals surface area contributed by atoms with Gasteiger partial charge in [0.05, 0.1) is 30.8 Å². The number of hydrogen-bond acceptors (Lipinski definition) is 4. The van der Waals surface area contributed by atoms with Crippen molar-refractivity contribution >= 4 is 17.3 Å². The second-order valence-corrected chi connectivity index (χ2v) is 5.86. The first-order valence-electron chi connectivity index (χ1n) is 7.92. The fourth-order valence-electron chi connectivity index (χ4n) is 2.43. The van der Waals surface area contributed by atoms with E-state index in [1.807, 2.05) is 44.3 Å². The molecule has 2 atom stereocenters. The molecule has 25 heavy (non-hydrogen) atoms. The van der Waals surface area contributed by atoms with Gasteiger partial charge >= 0.3 is 0 Å². The van der Waals surface area contributed by atoms with Crippen molar-refractivity contribution in [2.45, 2.75) is 19.5 Å². The van der Waals surface area contributed by atoms with Crippen LogP contribution in [0, 0.1) is 10.1 Å². The Morgan fingerprint density at radius 2 is 1.96 bits per heavy atom. The molecule has 0 aliphatic heterocycles. The number of non-ortho nitro benzene ring substituents is 1. The highest BCUT2D eigenvalue weighted by molar-refractivity contribution is 5.95. The van der Waals surface area contributed by atoms with Gasteiger partial charge < -0.3 is 15.0 Å². The topological polar surface area (TPSA) is 85.9 Å². The van der Waals surface area contributed by atoms with Crippen LogP contribution in [0.2, 0.25) is 0 Å². The Hall–Kier alpha value is -2.93. The molecule has 7 nitrogen and oxygen atoms in total. The summed E-state index contributed by atoms with van der Waals surface area (Å²) >= 11 is 0. The van der Waals surface area contributed by atoms with Crippen molar-refractivity contribution in [3.05, 3.63) is 64.2 Å². The molecular weight excluding hydrogens is 322 g/mol. The van der Waals surface area contributed by atoms with Crippen molar-refractivity contribution in [2.24, 2.45) is 0 Å². The van der Waals surface area contributed by atoms with Crippen LogP contribution in [0.15, 0.2) is 48.5 Å². The summed E-state index contributed by atoms with van der Waals surface area (Å²) in [7, 11) is 3.36. The predicted molar refractivity (Wildman–Crippen MR) is 94.8 cm³/mol. The third-order valence-electron chi connectivity index (χ3n) is 4.11. The fraction of sp³-hybridized carbons (Fsp3) is 0.278. The van der Waals surface area contributed by atoms with E-state index in [4.69, 9.17) is 4.74 Å². The van der Waals surface area contributed by atoms with Gasteiger partial charge in [0.15, 0.2) is 6.04 Å². The van der Waals surface area contributed by atoms with E-state index in [0.29, 0.717) is 12.2 Å². The Kier molecular flexibility index (Phi) is 6.08. The Morgan fingerprint density at radius 1 is 1.28 bits per heavy atom. The van der Waals surface area contributed by atoms with Crippen molar-refractivity contribution in [3.63, 3.8) is 0 Å². The molecule has 0 aliphatic carbocycles. The molecule has 0 fully saturated rings. The van der Waals surface area contributed by atoms with E-state index in [-0.39, 0.29) is 23.4 Å². The van der Waals surface area contributed by atoms with E-state index in [9.17, 15) is 14.9 Å². The summed E-state index contributed by atoms with van der Waals surface area (Å²) in [4.78, 5) is 23.9. The lowest BCUT2D eigenvalue weighted by atomic mass is 10.2. The number of rotatable bonds is 7. The molecule has 0 aromatic heterocycles. The minimum atomic E-state index is -0.505.